The number of para-hydroxylation sites is 1. The van der Waals surface area contributed by atoms with Crippen molar-refractivity contribution in [3.05, 3.63) is 223 Å². The lowest BCUT2D eigenvalue weighted by molar-refractivity contribution is 0.616. The Kier molecular flexibility index (Phi) is 7.93. The molecule has 8 aromatic carbocycles. The molecule has 0 unspecified atom stereocenters. The van der Waals surface area contributed by atoms with Crippen LogP contribution in [0.4, 0.5) is 11.6 Å². The average molecular weight is 747 g/mol. The molecule has 11 rings (SSSR count). The van der Waals surface area contributed by atoms with Crippen molar-refractivity contribution in [2.75, 3.05) is 4.90 Å². The number of aromatic nitrogens is 3. The number of fused-ring (bicyclic) bond motifs is 8. The minimum atomic E-state index is -0.798. The maximum absolute atomic E-state index is 5.49. The number of hydrogen-bond acceptors (Lipinski definition) is 5. The number of benzene rings is 8. The molecule has 4 nitrogen and oxygen atoms in total. The van der Waals surface area contributed by atoms with Crippen LogP contribution in [0.15, 0.2) is 216 Å². The van der Waals surface area contributed by atoms with Crippen LogP contribution in [0, 0.1) is 0 Å². The second-order valence-corrected chi connectivity index (χ2v) is 15.5. The van der Waals surface area contributed by atoms with E-state index in [0.29, 0.717) is 17.6 Å². The summed E-state index contributed by atoms with van der Waals surface area (Å²) >= 11 is 1.80. The summed E-state index contributed by atoms with van der Waals surface area (Å²) in [6, 6.07) is 73.2. The Hall–Kier alpha value is -7.08. The molecule has 9 aromatic rings. The Morgan fingerprint density at radius 1 is 0.333 bits per heavy atom. The summed E-state index contributed by atoms with van der Waals surface area (Å²) in [5.74, 6) is 1.80. The first kappa shape index (κ1) is 33.3. The summed E-state index contributed by atoms with van der Waals surface area (Å²) in [6.45, 7) is 0. The zero-order valence-electron chi connectivity index (χ0n) is 30.8. The number of rotatable bonds is 5. The van der Waals surface area contributed by atoms with Crippen LogP contribution in [0.2, 0.25) is 0 Å². The molecule has 0 radical (unpaired) electrons. The molecule has 5 heteroatoms. The van der Waals surface area contributed by atoms with Gasteiger partial charge in [-0.25, -0.2) is 4.98 Å². The maximum Gasteiger partial charge on any atom is 0.235 e. The Morgan fingerprint density at radius 2 is 0.737 bits per heavy atom. The largest absolute Gasteiger partial charge is 0.291 e. The second-order valence-electron chi connectivity index (χ2n) is 14.4. The predicted molar refractivity (Wildman–Crippen MR) is 232 cm³/mol. The second kappa shape index (κ2) is 13.6. The Labute approximate surface area is 336 Å². The van der Waals surface area contributed by atoms with Crippen LogP contribution in [0.1, 0.15) is 16.7 Å². The van der Waals surface area contributed by atoms with Gasteiger partial charge < -0.3 is 0 Å². The fourth-order valence-corrected chi connectivity index (χ4v) is 9.73. The fraction of sp³-hybridized carbons (Fsp3) is 0.0192. The van der Waals surface area contributed by atoms with Crippen LogP contribution in [0.3, 0.4) is 0 Å². The van der Waals surface area contributed by atoms with Gasteiger partial charge in [-0.05, 0) is 62.7 Å². The van der Waals surface area contributed by atoms with E-state index in [4.69, 9.17) is 15.0 Å². The lowest BCUT2D eigenvalue weighted by Crippen LogP contribution is -2.45. The quantitative estimate of drug-likeness (QED) is 0.175. The molecule has 1 spiro atoms. The van der Waals surface area contributed by atoms with Crippen molar-refractivity contribution < 1.29 is 0 Å². The van der Waals surface area contributed by atoms with Gasteiger partial charge in [0.25, 0.3) is 0 Å². The Morgan fingerprint density at radius 3 is 1.28 bits per heavy atom. The van der Waals surface area contributed by atoms with Gasteiger partial charge in [0.05, 0.1) is 5.69 Å². The molecule has 57 heavy (non-hydrogen) atoms. The molecule has 0 saturated carbocycles. The lowest BCUT2D eigenvalue weighted by atomic mass is 9.78. The molecule has 0 atom stereocenters. The van der Waals surface area contributed by atoms with Gasteiger partial charge in [0.1, 0.15) is 5.54 Å². The van der Waals surface area contributed by atoms with Crippen molar-refractivity contribution >= 4 is 23.4 Å². The van der Waals surface area contributed by atoms with Crippen LogP contribution in [-0.4, -0.2) is 15.0 Å². The predicted octanol–water partition coefficient (Wildman–Crippen LogP) is 13.1. The van der Waals surface area contributed by atoms with Gasteiger partial charge in [-0.3, -0.25) is 4.90 Å². The van der Waals surface area contributed by atoms with Gasteiger partial charge in [-0.15, -0.1) is 0 Å². The van der Waals surface area contributed by atoms with Crippen molar-refractivity contribution in [3.63, 3.8) is 0 Å². The molecule has 268 valence electrons. The monoisotopic (exact) mass is 746 g/mol. The molecule has 2 aliphatic rings. The van der Waals surface area contributed by atoms with E-state index < -0.39 is 5.54 Å². The van der Waals surface area contributed by atoms with Gasteiger partial charge in [0.15, 0.2) is 11.6 Å². The molecule has 0 bridgehead atoms. The molecule has 0 amide bonds. The minimum absolute atomic E-state index is 0.575. The first-order valence-corrected chi connectivity index (χ1v) is 20.0. The third-order valence-corrected chi connectivity index (χ3v) is 12.3. The van der Waals surface area contributed by atoms with Crippen LogP contribution in [0.25, 0.3) is 56.2 Å². The summed E-state index contributed by atoms with van der Waals surface area (Å²) in [5.41, 5.74) is 12.7. The lowest BCUT2D eigenvalue weighted by Gasteiger charge is -2.43. The highest BCUT2D eigenvalue weighted by molar-refractivity contribution is 7.99. The normalized spacial score (nSPS) is 13.3. The zero-order valence-corrected chi connectivity index (χ0v) is 31.6. The maximum atomic E-state index is 5.49. The fourth-order valence-electron chi connectivity index (χ4n) is 8.61. The molecule has 0 saturated heterocycles. The topological polar surface area (TPSA) is 41.9 Å². The summed E-state index contributed by atoms with van der Waals surface area (Å²) < 4.78 is 0. The van der Waals surface area contributed by atoms with E-state index >= 15 is 0 Å². The van der Waals surface area contributed by atoms with E-state index in [-0.39, 0.29) is 0 Å². The molecular weight excluding hydrogens is 713 g/mol. The highest BCUT2D eigenvalue weighted by atomic mass is 32.2. The third-order valence-electron chi connectivity index (χ3n) is 11.2. The first-order chi connectivity index (χ1) is 28.3. The van der Waals surface area contributed by atoms with Crippen LogP contribution in [-0.2, 0) is 5.54 Å². The SMILES string of the molecule is c1ccc(-c2ccc(-c3nc(-c4ccc(-c5ccccc5)cc4)nc(N4c5ccccc5Sc5ccccc5C45c4ccccc4-c4ccccc45)n3)cc2)cc1. The Bertz CT molecular complexity index is 2780. The molecular formula is C52H34N4S. The highest BCUT2D eigenvalue weighted by Gasteiger charge is 2.53. The van der Waals surface area contributed by atoms with E-state index in [9.17, 15) is 0 Å². The number of nitrogens with zero attached hydrogens (tertiary/aromatic N) is 4. The van der Waals surface area contributed by atoms with Crippen molar-refractivity contribution in [1.29, 1.82) is 0 Å². The molecule has 1 aliphatic carbocycles. The summed E-state index contributed by atoms with van der Waals surface area (Å²) in [7, 11) is 0. The summed E-state index contributed by atoms with van der Waals surface area (Å²) in [4.78, 5) is 21.0. The van der Waals surface area contributed by atoms with Crippen molar-refractivity contribution in [3.8, 4) is 56.2 Å². The first-order valence-electron chi connectivity index (χ1n) is 19.2. The van der Waals surface area contributed by atoms with Gasteiger partial charge in [-0.1, -0.05) is 200 Å². The zero-order chi connectivity index (χ0) is 37.8. The van der Waals surface area contributed by atoms with Gasteiger partial charge in [0.2, 0.25) is 5.95 Å². The van der Waals surface area contributed by atoms with Crippen LogP contribution >= 0.6 is 11.8 Å². The van der Waals surface area contributed by atoms with E-state index in [0.717, 1.165) is 44.0 Å². The highest BCUT2D eigenvalue weighted by Crippen LogP contribution is 2.61. The smallest absolute Gasteiger partial charge is 0.235 e. The van der Waals surface area contributed by atoms with Crippen molar-refractivity contribution in [1.82, 2.24) is 15.0 Å². The van der Waals surface area contributed by atoms with Gasteiger partial charge in [-0.2, -0.15) is 9.97 Å². The van der Waals surface area contributed by atoms with Crippen molar-refractivity contribution in [2.45, 2.75) is 15.3 Å². The van der Waals surface area contributed by atoms with Crippen molar-refractivity contribution in [2.24, 2.45) is 0 Å². The molecule has 2 heterocycles. The van der Waals surface area contributed by atoms with Crippen LogP contribution < -0.4 is 4.90 Å². The van der Waals surface area contributed by atoms with E-state index in [1.165, 1.54) is 32.7 Å². The van der Waals surface area contributed by atoms with E-state index in [1.807, 2.05) is 12.1 Å². The van der Waals surface area contributed by atoms with Gasteiger partial charge in [0, 0.05) is 26.5 Å². The third kappa shape index (κ3) is 5.42. The Balaban J connectivity index is 1.19. The summed E-state index contributed by atoms with van der Waals surface area (Å²) in [6.07, 6.45) is 0. The number of anilines is 2. The van der Waals surface area contributed by atoms with Crippen LogP contribution in [0.5, 0.6) is 0 Å². The standard InChI is InChI=1S/C52H34N4S/c1-3-15-35(16-4-1)37-27-31-39(32-28-37)49-53-50(40-33-29-38(30-34-40)36-17-5-2-6-18-36)55-51(54-49)56-46-24-12-14-26-48(46)57-47-25-13-11-23-45(47)52(56)43-21-9-7-19-41(43)42-20-8-10-22-44(42)52/h1-34H. The van der Waals surface area contributed by atoms with E-state index in [1.54, 1.807) is 11.8 Å². The van der Waals surface area contributed by atoms with E-state index in [2.05, 4.69) is 199 Å². The molecule has 0 N–H and O–H groups in total. The average Bonchev–Trinajstić information content (AvgIpc) is 3.50. The molecule has 1 aliphatic heterocycles. The number of hydrogen-bond donors (Lipinski definition) is 0. The summed E-state index contributed by atoms with van der Waals surface area (Å²) in [5, 5.41) is 0. The molecule has 0 fully saturated rings. The molecule has 1 aromatic heterocycles. The van der Waals surface area contributed by atoms with Gasteiger partial charge >= 0.3 is 0 Å². The minimum Gasteiger partial charge on any atom is -0.291 e.